The van der Waals surface area contributed by atoms with Gasteiger partial charge in [-0.05, 0) is 43.2 Å². The fraction of sp³-hybridized carbons (Fsp3) is 0.200. The van der Waals surface area contributed by atoms with Crippen molar-refractivity contribution in [1.29, 1.82) is 0 Å². The number of aliphatic hydroxyl groups is 1. The fourth-order valence-electron chi connectivity index (χ4n) is 1.63. The molecule has 0 aliphatic heterocycles. The molecule has 0 spiro atoms. The number of hydrogen-bond donors (Lipinski definition) is 1. The molecule has 0 bridgehead atoms. The van der Waals surface area contributed by atoms with E-state index in [1.807, 2.05) is 6.92 Å². The molecule has 0 aliphatic carbocycles. The minimum Gasteiger partial charge on any atom is -0.457 e. The van der Waals surface area contributed by atoms with Gasteiger partial charge in [-0.15, -0.1) is 0 Å². The molecule has 2 nitrogen and oxygen atoms in total. The third-order valence-corrected chi connectivity index (χ3v) is 2.74. The summed E-state index contributed by atoms with van der Waals surface area (Å²) in [5, 5.41) is 9.39. The summed E-state index contributed by atoms with van der Waals surface area (Å²) in [5.74, 6) is 0.795. The molecule has 18 heavy (non-hydrogen) atoms. The Morgan fingerprint density at radius 3 is 2.39 bits per heavy atom. The van der Waals surface area contributed by atoms with Crippen LogP contribution in [0.1, 0.15) is 24.2 Å². The van der Waals surface area contributed by atoms with Crippen LogP contribution in [0.2, 0.25) is 0 Å². The predicted molar refractivity (Wildman–Crippen MR) is 68.3 cm³/mol. The number of aliphatic hydroxyl groups excluding tert-OH is 1. The van der Waals surface area contributed by atoms with Crippen LogP contribution >= 0.6 is 0 Å². The molecule has 0 amide bonds. The summed E-state index contributed by atoms with van der Waals surface area (Å²) < 4.78 is 18.7. The third kappa shape index (κ3) is 2.87. The normalized spacial score (nSPS) is 12.2. The lowest BCUT2D eigenvalue weighted by atomic mass is 10.1. The topological polar surface area (TPSA) is 29.5 Å². The molecule has 0 radical (unpaired) electrons. The molecule has 0 fully saturated rings. The Hall–Kier alpha value is -1.87. The monoisotopic (exact) mass is 246 g/mol. The van der Waals surface area contributed by atoms with E-state index in [1.54, 1.807) is 37.3 Å². The summed E-state index contributed by atoms with van der Waals surface area (Å²) in [6, 6.07) is 11.5. The van der Waals surface area contributed by atoms with Crippen molar-refractivity contribution in [3.05, 3.63) is 59.4 Å². The van der Waals surface area contributed by atoms with Crippen molar-refractivity contribution >= 4 is 0 Å². The van der Waals surface area contributed by atoms with Gasteiger partial charge < -0.3 is 9.84 Å². The van der Waals surface area contributed by atoms with E-state index >= 15 is 0 Å². The standard InChI is InChI=1S/C15H15FO2/c1-10-3-6-13(16)9-15(10)18-14-7-4-12(5-8-14)11(2)17/h3-9,11,17H,1-2H3/t11-/m1/s1. The molecule has 0 heterocycles. The van der Waals surface area contributed by atoms with Crippen LogP contribution in [-0.4, -0.2) is 5.11 Å². The lowest BCUT2D eigenvalue weighted by Gasteiger charge is -2.10. The number of aryl methyl sites for hydroxylation is 1. The highest BCUT2D eigenvalue weighted by molar-refractivity contribution is 5.38. The zero-order valence-electron chi connectivity index (χ0n) is 10.4. The summed E-state index contributed by atoms with van der Waals surface area (Å²) in [4.78, 5) is 0. The van der Waals surface area contributed by atoms with E-state index in [0.29, 0.717) is 11.5 Å². The Morgan fingerprint density at radius 1 is 1.11 bits per heavy atom. The Balaban J connectivity index is 2.21. The van der Waals surface area contributed by atoms with Gasteiger partial charge in [0.05, 0.1) is 6.10 Å². The van der Waals surface area contributed by atoms with Gasteiger partial charge in [0.1, 0.15) is 17.3 Å². The maximum Gasteiger partial charge on any atom is 0.133 e. The van der Waals surface area contributed by atoms with Gasteiger partial charge in [0, 0.05) is 6.07 Å². The van der Waals surface area contributed by atoms with Gasteiger partial charge in [-0.3, -0.25) is 0 Å². The molecule has 0 unspecified atom stereocenters. The molecule has 0 saturated heterocycles. The first kappa shape index (κ1) is 12.6. The van der Waals surface area contributed by atoms with Crippen molar-refractivity contribution in [2.24, 2.45) is 0 Å². The summed E-state index contributed by atoms with van der Waals surface area (Å²) in [6.07, 6.45) is -0.505. The van der Waals surface area contributed by atoms with Crippen molar-refractivity contribution in [3.63, 3.8) is 0 Å². The van der Waals surface area contributed by atoms with Gasteiger partial charge in [0.2, 0.25) is 0 Å². The summed E-state index contributed by atoms with van der Waals surface area (Å²) in [5.41, 5.74) is 1.69. The molecule has 3 heteroatoms. The molecule has 2 rings (SSSR count). The van der Waals surface area contributed by atoms with E-state index in [0.717, 1.165) is 11.1 Å². The number of halogens is 1. The minimum atomic E-state index is -0.505. The van der Waals surface area contributed by atoms with Crippen LogP contribution in [0.5, 0.6) is 11.5 Å². The molecule has 2 aromatic rings. The molecule has 0 aromatic heterocycles. The molecule has 0 saturated carbocycles. The van der Waals surface area contributed by atoms with Crippen LogP contribution in [0.15, 0.2) is 42.5 Å². The first-order valence-electron chi connectivity index (χ1n) is 5.78. The molecule has 94 valence electrons. The van der Waals surface area contributed by atoms with Crippen molar-refractivity contribution in [2.45, 2.75) is 20.0 Å². The Morgan fingerprint density at radius 2 is 1.78 bits per heavy atom. The van der Waals surface area contributed by atoms with Gasteiger partial charge >= 0.3 is 0 Å². The smallest absolute Gasteiger partial charge is 0.133 e. The first-order chi connectivity index (χ1) is 8.56. The number of rotatable bonds is 3. The Labute approximate surface area is 106 Å². The molecule has 1 atom stereocenters. The van der Waals surface area contributed by atoms with Gasteiger partial charge in [0.15, 0.2) is 0 Å². The van der Waals surface area contributed by atoms with E-state index in [4.69, 9.17) is 4.74 Å². The molecular weight excluding hydrogens is 231 g/mol. The third-order valence-electron chi connectivity index (χ3n) is 2.74. The Kier molecular flexibility index (Phi) is 3.63. The van der Waals surface area contributed by atoms with E-state index < -0.39 is 6.10 Å². The largest absolute Gasteiger partial charge is 0.457 e. The second kappa shape index (κ2) is 5.19. The number of ether oxygens (including phenoxy) is 1. The lowest BCUT2D eigenvalue weighted by molar-refractivity contribution is 0.199. The number of hydrogen-bond acceptors (Lipinski definition) is 2. The van der Waals surface area contributed by atoms with Crippen LogP contribution < -0.4 is 4.74 Å². The predicted octanol–water partition coefficient (Wildman–Crippen LogP) is 3.98. The van der Waals surface area contributed by atoms with Crippen molar-refractivity contribution in [2.75, 3.05) is 0 Å². The summed E-state index contributed by atoms with van der Waals surface area (Å²) in [7, 11) is 0. The summed E-state index contributed by atoms with van der Waals surface area (Å²) >= 11 is 0. The highest BCUT2D eigenvalue weighted by Gasteiger charge is 2.05. The number of benzene rings is 2. The van der Waals surface area contributed by atoms with Gasteiger partial charge in [-0.2, -0.15) is 0 Å². The zero-order chi connectivity index (χ0) is 13.1. The molecule has 1 N–H and O–H groups in total. The maximum atomic E-state index is 13.1. The SMILES string of the molecule is Cc1ccc(F)cc1Oc1ccc([C@@H](C)O)cc1. The van der Waals surface area contributed by atoms with Crippen LogP contribution in [0.25, 0.3) is 0 Å². The van der Waals surface area contributed by atoms with Crippen LogP contribution in [0.3, 0.4) is 0 Å². The average molecular weight is 246 g/mol. The maximum absolute atomic E-state index is 13.1. The zero-order valence-corrected chi connectivity index (χ0v) is 10.4. The second-order valence-electron chi connectivity index (χ2n) is 4.26. The quantitative estimate of drug-likeness (QED) is 0.887. The highest BCUT2D eigenvalue weighted by atomic mass is 19.1. The van der Waals surface area contributed by atoms with Crippen LogP contribution in [0.4, 0.5) is 4.39 Å². The second-order valence-corrected chi connectivity index (χ2v) is 4.26. The van der Waals surface area contributed by atoms with E-state index in [1.165, 1.54) is 12.1 Å². The minimum absolute atomic E-state index is 0.323. The van der Waals surface area contributed by atoms with E-state index in [9.17, 15) is 9.50 Å². The van der Waals surface area contributed by atoms with E-state index in [-0.39, 0.29) is 5.82 Å². The van der Waals surface area contributed by atoms with Crippen LogP contribution in [-0.2, 0) is 0 Å². The van der Waals surface area contributed by atoms with Crippen LogP contribution in [0, 0.1) is 12.7 Å². The average Bonchev–Trinajstić information content (AvgIpc) is 2.34. The molecule has 0 aliphatic rings. The fourth-order valence-corrected chi connectivity index (χ4v) is 1.63. The van der Waals surface area contributed by atoms with Gasteiger partial charge in [0.25, 0.3) is 0 Å². The van der Waals surface area contributed by atoms with Gasteiger partial charge in [-0.25, -0.2) is 4.39 Å². The lowest BCUT2D eigenvalue weighted by Crippen LogP contribution is -1.92. The van der Waals surface area contributed by atoms with Crippen molar-refractivity contribution in [1.82, 2.24) is 0 Å². The molecular formula is C15H15FO2. The first-order valence-corrected chi connectivity index (χ1v) is 5.78. The Bertz CT molecular complexity index is 533. The van der Waals surface area contributed by atoms with Crippen molar-refractivity contribution < 1.29 is 14.2 Å². The molecule has 2 aromatic carbocycles. The van der Waals surface area contributed by atoms with E-state index in [2.05, 4.69) is 0 Å². The highest BCUT2D eigenvalue weighted by Crippen LogP contribution is 2.26. The summed E-state index contributed by atoms with van der Waals surface area (Å²) in [6.45, 7) is 3.56. The van der Waals surface area contributed by atoms with Crippen molar-refractivity contribution in [3.8, 4) is 11.5 Å². The van der Waals surface area contributed by atoms with Gasteiger partial charge in [-0.1, -0.05) is 18.2 Å².